The van der Waals surface area contributed by atoms with E-state index in [1.54, 1.807) is 0 Å². The van der Waals surface area contributed by atoms with Crippen LogP contribution in [0.2, 0.25) is 0 Å². The van der Waals surface area contributed by atoms with E-state index >= 15 is 0 Å². The van der Waals surface area contributed by atoms with Gasteiger partial charge in [-0.2, -0.15) is 11.8 Å². The minimum absolute atomic E-state index is 0.255. The third-order valence-corrected chi connectivity index (χ3v) is 3.21. The number of hydrogen-bond donors (Lipinski definition) is 2. The second-order valence-corrected chi connectivity index (χ2v) is 4.84. The predicted molar refractivity (Wildman–Crippen MR) is 61.3 cm³/mol. The van der Waals surface area contributed by atoms with Gasteiger partial charge in [0.2, 0.25) is 0 Å². The molecule has 1 unspecified atom stereocenters. The van der Waals surface area contributed by atoms with Crippen LogP contribution < -0.4 is 5.32 Å². The molecule has 0 aliphatic carbocycles. The molecule has 2 N–H and O–H groups in total. The van der Waals surface area contributed by atoms with E-state index in [0.717, 1.165) is 24.6 Å². The molecule has 0 aromatic rings. The van der Waals surface area contributed by atoms with Crippen molar-refractivity contribution in [2.45, 2.75) is 33.2 Å². The molecule has 0 bridgehead atoms. The molecular weight excluding hydrogens is 182 g/mol. The van der Waals surface area contributed by atoms with Crippen LogP contribution >= 0.6 is 11.8 Å². The molecule has 0 heterocycles. The maximum absolute atomic E-state index is 9.04. The summed E-state index contributed by atoms with van der Waals surface area (Å²) in [6, 6.07) is 0.281. The van der Waals surface area contributed by atoms with Crippen LogP contribution in [0, 0.1) is 5.92 Å². The summed E-state index contributed by atoms with van der Waals surface area (Å²) < 4.78 is 0. The Balaban J connectivity index is 3.36. The molecule has 0 aromatic heterocycles. The Hall–Kier alpha value is 0.270. The summed E-state index contributed by atoms with van der Waals surface area (Å²) in [6.07, 6.45) is 1.13. The van der Waals surface area contributed by atoms with Gasteiger partial charge < -0.3 is 10.4 Å². The van der Waals surface area contributed by atoms with Crippen molar-refractivity contribution in [1.82, 2.24) is 5.32 Å². The van der Waals surface area contributed by atoms with Gasteiger partial charge in [0.1, 0.15) is 0 Å². The maximum atomic E-state index is 9.04. The van der Waals surface area contributed by atoms with Crippen LogP contribution in [-0.4, -0.2) is 35.8 Å². The maximum Gasteiger partial charge on any atom is 0.0592 e. The predicted octanol–water partition coefficient (Wildman–Crippen LogP) is 1.74. The number of aliphatic hydroxyl groups excluding tert-OH is 1. The van der Waals surface area contributed by atoms with E-state index in [4.69, 9.17) is 5.11 Å². The van der Waals surface area contributed by atoms with Crippen molar-refractivity contribution in [2.75, 3.05) is 24.7 Å². The molecule has 0 fully saturated rings. The van der Waals surface area contributed by atoms with Crippen LogP contribution in [0.25, 0.3) is 0 Å². The zero-order valence-corrected chi connectivity index (χ0v) is 9.86. The summed E-state index contributed by atoms with van der Waals surface area (Å²) in [5, 5.41) is 12.4. The molecule has 0 rings (SSSR count). The molecular formula is C10H23NOS. The third-order valence-electron chi connectivity index (χ3n) is 1.67. The Labute approximate surface area is 86.5 Å². The molecule has 3 heteroatoms. The highest BCUT2D eigenvalue weighted by Gasteiger charge is 2.05. The Morgan fingerprint density at radius 3 is 2.46 bits per heavy atom. The summed E-state index contributed by atoms with van der Waals surface area (Å²) in [6.45, 7) is 7.85. The average Bonchev–Trinajstić information content (AvgIpc) is 2.10. The summed E-state index contributed by atoms with van der Waals surface area (Å²) in [5.41, 5.74) is 0. The molecule has 0 aliphatic heterocycles. The molecule has 0 saturated heterocycles. The zero-order chi connectivity index (χ0) is 10.1. The fourth-order valence-electron chi connectivity index (χ4n) is 0.971. The van der Waals surface area contributed by atoms with Gasteiger partial charge in [-0.25, -0.2) is 0 Å². The van der Waals surface area contributed by atoms with E-state index in [9.17, 15) is 0 Å². The van der Waals surface area contributed by atoms with Gasteiger partial charge in [-0.05, 0) is 24.6 Å². The van der Waals surface area contributed by atoms with Crippen molar-refractivity contribution in [1.29, 1.82) is 0 Å². The lowest BCUT2D eigenvalue weighted by atomic mass is 10.3. The molecule has 0 aromatic carbocycles. The Morgan fingerprint density at radius 2 is 2.00 bits per heavy atom. The largest absolute Gasteiger partial charge is 0.395 e. The minimum atomic E-state index is 0.255. The van der Waals surface area contributed by atoms with Gasteiger partial charge in [0.05, 0.1) is 6.61 Å². The minimum Gasteiger partial charge on any atom is -0.395 e. The topological polar surface area (TPSA) is 32.3 Å². The van der Waals surface area contributed by atoms with Crippen molar-refractivity contribution >= 4 is 11.8 Å². The van der Waals surface area contributed by atoms with Gasteiger partial charge in [-0.1, -0.05) is 20.8 Å². The molecule has 0 aliphatic rings. The van der Waals surface area contributed by atoms with Gasteiger partial charge in [0.15, 0.2) is 0 Å². The smallest absolute Gasteiger partial charge is 0.0592 e. The van der Waals surface area contributed by atoms with Crippen LogP contribution in [0.5, 0.6) is 0 Å². The van der Waals surface area contributed by atoms with Gasteiger partial charge >= 0.3 is 0 Å². The zero-order valence-electron chi connectivity index (χ0n) is 9.05. The molecule has 1 atom stereocenters. The van der Waals surface area contributed by atoms with Gasteiger partial charge in [0.25, 0.3) is 0 Å². The summed E-state index contributed by atoms with van der Waals surface area (Å²) in [4.78, 5) is 0. The van der Waals surface area contributed by atoms with Crippen LogP contribution in [0.15, 0.2) is 0 Å². The van der Waals surface area contributed by atoms with Gasteiger partial charge in [-0.15, -0.1) is 0 Å². The number of nitrogens with one attached hydrogen (secondary N) is 1. The quantitative estimate of drug-likeness (QED) is 0.633. The normalized spacial score (nSPS) is 13.6. The second kappa shape index (κ2) is 8.85. The first kappa shape index (κ1) is 13.3. The van der Waals surface area contributed by atoms with Crippen LogP contribution in [0.1, 0.15) is 27.2 Å². The monoisotopic (exact) mass is 205 g/mol. The Kier molecular flexibility index (Phi) is 9.03. The van der Waals surface area contributed by atoms with Crippen molar-refractivity contribution in [2.24, 2.45) is 5.92 Å². The highest BCUT2D eigenvalue weighted by molar-refractivity contribution is 7.99. The van der Waals surface area contributed by atoms with Crippen molar-refractivity contribution in [3.8, 4) is 0 Å². The Morgan fingerprint density at radius 1 is 1.31 bits per heavy atom. The highest BCUT2D eigenvalue weighted by atomic mass is 32.2. The van der Waals surface area contributed by atoms with Crippen molar-refractivity contribution < 1.29 is 5.11 Å². The van der Waals surface area contributed by atoms with Crippen LogP contribution in [0.3, 0.4) is 0 Å². The van der Waals surface area contributed by atoms with E-state index in [1.807, 2.05) is 11.8 Å². The van der Waals surface area contributed by atoms with E-state index in [0.29, 0.717) is 0 Å². The van der Waals surface area contributed by atoms with E-state index < -0.39 is 0 Å². The van der Waals surface area contributed by atoms with Crippen molar-refractivity contribution in [3.63, 3.8) is 0 Å². The second-order valence-electron chi connectivity index (χ2n) is 3.76. The third kappa shape index (κ3) is 8.60. The summed E-state index contributed by atoms with van der Waals surface area (Å²) in [5.74, 6) is 2.95. The molecule has 0 radical (unpaired) electrons. The van der Waals surface area contributed by atoms with Gasteiger partial charge in [-0.3, -0.25) is 0 Å². The lowest BCUT2D eigenvalue weighted by Crippen LogP contribution is -2.35. The highest BCUT2D eigenvalue weighted by Crippen LogP contribution is 2.08. The fourth-order valence-corrected chi connectivity index (χ4v) is 2.09. The first-order chi connectivity index (χ1) is 6.20. The Bertz CT molecular complexity index is 109. The van der Waals surface area contributed by atoms with Gasteiger partial charge in [0, 0.05) is 11.8 Å². The standard InChI is InChI=1S/C10H23NOS/c1-4-5-11-10(6-12)8-13-7-9(2)3/h9-12H,4-8H2,1-3H3. The van der Waals surface area contributed by atoms with Crippen LogP contribution in [-0.2, 0) is 0 Å². The van der Waals surface area contributed by atoms with Crippen LogP contribution in [0.4, 0.5) is 0 Å². The summed E-state index contributed by atoms with van der Waals surface area (Å²) in [7, 11) is 0. The number of rotatable bonds is 8. The molecule has 2 nitrogen and oxygen atoms in total. The van der Waals surface area contributed by atoms with Crippen molar-refractivity contribution in [3.05, 3.63) is 0 Å². The summed E-state index contributed by atoms with van der Waals surface area (Å²) >= 11 is 1.92. The molecule has 0 saturated carbocycles. The molecule has 0 amide bonds. The SMILES string of the molecule is CCCNC(CO)CSCC(C)C. The van der Waals surface area contributed by atoms with E-state index in [2.05, 4.69) is 26.1 Å². The average molecular weight is 205 g/mol. The number of aliphatic hydroxyl groups is 1. The van der Waals surface area contributed by atoms with E-state index in [-0.39, 0.29) is 12.6 Å². The first-order valence-corrected chi connectivity index (χ1v) is 6.28. The molecule has 80 valence electrons. The number of thioether (sulfide) groups is 1. The molecule has 13 heavy (non-hydrogen) atoms. The lowest BCUT2D eigenvalue weighted by molar-refractivity contribution is 0.254. The van der Waals surface area contributed by atoms with E-state index in [1.165, 1.54) is 5.75 Å². The molecule has 0 spiro atoms. The lowest BCUT2D eigenvalue weighted by Gasteiger charge is -2.15. The fraction of sp³-hybridized carbons (Fsp3) is 1.00. The number of hydrogen-bond acceptors (Lipinski definition) is 3. The first-order valence-electron chi connectivity index (χ1n) is 5.12.